The van der Waals surface area contributed by atoms with E-state index in [9.17, 15) is 4.79 Å². The van der Waals surface area contributed by atoms with Gasteiger partial charge in [0.05, 0.1) is 4.99 Å². The zero-order valence-corrected chi connectivity index (χ0v) is 11.8. The van der Waals surface area contributed by atoms with Crippen LogP contribution in [0.2, 0.25) is 0 Å². The number of rotatable bonds is 3. The van der Waals surface area contributed by atoms with Crippen LogP contribution in [-0.4, -0.2) is 42.1 Å². The molecule has 2 rings (SSSR count). The Balaban J connectivity index is 2.11. The summed E-state index contributed by atoms with van der Waals surface area (Å²) >= 11 is 5.17. The van der Waals surface area contributed by atoms with E-state index >= 15 is 0 Å². The van der Waals surface area contributed by atoms with Crippen molar-refractivity contribution in [3.05, 3.63) is 0 Å². The van der Waals surface area contributed by atoms with E-state index < -0.39 is 5.41 Å². The van der Waals surface area contributed by atoms with Gasteiger partial charge in [-0.2, -0.15) is 0 Å². The summed E-state index contributed by atoms with van der Waals surface area (Å²) in [6, 6.07) is 0. The lowest BCUT2D eigenvalue weighted by molar-refractivity contribution is -0.141. The van der Waals surface area contributed by atoms with Gasteiger partial charge in [-0.05, 0) is 25.2 Å². The maximum atomic E-state index is 12.7. The van der Waals surface area contributed by atoms with Crippen LogP contribution in [0.5, 0.6) is 0 Å². The third-order valence-electron chi connectivity index (χ3n) is 4.38. The number of nitrogens with two attached hydrogens (primary N) is 1. The second kappa shape index (κ2) is 5.53. The first-order valence-corrected chi connectivity index (χ1v) is 7.18. The normalized spacial score (nSPS) is 27.2. The van der Waals surface area contributed by atoms with Gasteiger partial charge in [0.25, 0.3) is 0 Å². The number of likely N-dealkylation sites (tertiary alicyclic amines) is 1. The predicted octanol–water partition coefficient (Wildman–Crippen LogP) is 1.33. The first kappa shape index (κ1) is 13.7. The predicted molar refractivity (Wildman–Crippen MR) is 74.2 cm³/mol. The van der Waals surface area contributed by atoms with Gasteiger partial charge in [-0.3, -0.25) is 4.79 Å². The van der Waals surface area contributed by atoms with E-state index in [1.807, 2.05) is 4.90 Å². The molecule has 0 radical (unpaired) electrons. The Kier molecular flexibility index (Phi) is 4.22. The summed E-state index contributed by atoms with van der Waals surface area (Å²) in [4.78, 5) is 15.0. The van der Waals surface area contributed by atoms with Crippen LogP contribution in [0.15, 0.2) is 0 Å². The Morgan fingerprint density at radius 1 is 1.50 bits per heavy atom. The van der Waals surface area contributed by atoms with Crippen molar-refractivity contribution in [3.63, 3.8) is 0 Å². The molecule has 2 N–H and O–H groups in total. The molecule has 4 nitrogen and oxygen atoms in total. The van der Waals surface area contributed by atoms with E-state index in [1.54, 1.807) is 0 Å². The van der Waals surface area contributed by atoms with Crippen molar-refractivity contribution in [2.45, 2.75) is 32.6 Å². The van der Waals surface area contributed by atoms with E-state index in [0.717, 1.165) is 25.9 Å². The van der Waals surface area contributed by atoms with Crippen LogP contribution in [0.25, 0.3) is 0 Å². The summed E-state index contributed by atoms with van der Waals surface area (Å²) in [5.74, 6) is 0.770. The van der Waals surface area contributed by atoms with Gasteiger partial charge in [0.1, 0.15) is 5.41 Å². The van der Waals surface area contributed by atoms with Crippen LogP contribution in [-0.2, 0) is 9.53 Å². The van der Waals surface area contributed by atoms with Crippen molar-refractivity contribution in [1.82, 2.24) is 4.90 Å². The molecule has 0 aromatic heterocycles. The summed E-state index contributed by atoms with van der Waals surface area (Å²) in [6.07, 6.45) is 3.50. The molecule has 2 heterocycles. The van der Waals surface area contributed by atoms with Crippen molar-refractivity contribution in [3.8, 4) is 0 Å². The van der Waals surface area contributed by atoms with Gasteiger partial charge >= 0.3 is 0 Å². The molecule has 0 bridgehead atoms. The van der Waals surface area contributed by atoms with E-state index in [4.69, 9.17) is 22.7 Å². The summed E-state index contributed by atoms with van der Waals surface area (Å²) in [5.41, 5.74) is 5.22. The van der Waals surface area contributed by atoms with E-state index in [0.29, 0.717) is 37.0 Å². The smallest absolute Gasteiger partial charge is 0.235 e. The summed E-state index contributed by atoms with van der Waals surface area (Å²) in [5, 5.41) is 0. The largest absolute Gasteiger partial charge is 0.392 e. The van der Waals surface area contributed by atoms with E-state index in [2.05, 4.69) is 6.92 Å². The monoisotopic (exact) mass is 270 g/mol. The highest BCUT2D eigenvalue weighted by Crippen LogP contribution is 2.35. The number of hydrogen-bond donors (Lipinski definition) is 1. The Bertz CT molecular complexity index is 340. The molecule has 0 aliphatic carbocycles. The Morgan fingerprint density at radius 2 is 2.17 bits per heavy atom. The minimum absolute atomic E-state index is 0.134. The quantitative estimate of drug-likeness (QED) is 0.786. The van der Waals surface area contributed by atoms with Gasteiger partial charge in [0.2, 0.25) is 5.91 Å². The van der Waals surface area contributed by atoms with E-state index in [1.165, 1.54) is 0 Å². The summed E-state index contributed by atoms with van der Waals surface area (Å²) < 4.78 is 5.34. The highest BCUT2D eigenvalue weighted by molar-refractivity contribution is 7.80. The number of carbonyl (C=O) groups excluding carboxylic acids is 1. The SMILES string of the molecule is CCC1CCN(C(=O)C2(C(N)=S)CCOCC2)C1. The van der Waals surface area contributed by atoms with Crippen molar-refractivity contribution in [2.24, 2.45) is 17.1 Å². The van der Waals surface area contributed by atoms with Gasteiger partial charge < -0.3 is 15.4 Å². The first-order valence-electron chi connectivity index (χ1n) is 6.77. The van der Waals surface area contributed by atoms with Crippen molar-refractivity contribution >= 4 is 23.1 Å². The minimum atomic E-state index is -0.643. The molecule has 0 aromatic rings. The van der Waals surface area contributed by atoms with Crippen LogP contribution in [0.3, 0.4) is 0 Å². The molecule has 1 atom stereocenters. The Morgan fingerprint density at radius 3 is 2.67 bits per heavy atom. The molecule has 0 saturated carbocycles. The van der Waals surface area contributed by atoms with Crippen molar-refractivity contribution in [1.29, 1.82) is 0 Å². The molecular formula is C13H22N2O2S. The van der Waals surface area contributed by atoms with Crippen LogP contribution in [0.4, 0.5) is 0 Å². The standard InChI is InChI=1S/C13H22N2O2S/c1-2-10-3-6-15(9-10)12(16)13(11(14)18)4-7-17-8-5-13/h10H,2-9H2,1H3,(H2,14,18). The molecule has 2 saturated heterocycles. The maximum absolute atomic E-state index is 12.7. The van der Waals surface area contributed by atoms with Crippen LogP contribution in [0.1, 0.15) is 32.6 Å². The molecule has 2 aliphatic heterocycles. The molecule has 5 heteroatoms. The molecule has 0 aromatic carbocycles. The zero-order valence-electron chi connectivity index (χ0n) is 11.0. The summed E-state index contributed by atoms with van der Waals surface area (Å²) in [6.45, 7) is 5.04. The van der Waals surface area contributed by atoms with Gasteiger partial charge in [-0.1, -0.05) is 25.6 Å². The Hall–Kier alpha value is -0.680. The first-order chi connectivity index (χ1) is 8.60. The lowest BCUT2D eigenvalue weighted by atomic mass is 9.78. The average molecular weight is 270 g/mol. The van der Waals surface area contributed by atoms with Crippen LogP contribution in [0, 0.1) is 11.3 Å². The molecule has 1 amide bonds. The van der Waals surface area contributed by atoms with Crippen molar-refractivity contribution < 1.29 is 9.53 Å². The number of amides is 1. The van der Waals surface area contributed by atoms with Crippen LogP contribution < -0.4 is 5.73 Å². The molecule has 18 heavy (non-hydrogen) atoms. The fourth-order valence-electron chi connectivity index (χ4n) is 2.94. The maximum Gasteiger partial charge on any atom is 0.235 e. The average Bonchev–Trinajstić information content (AvgIpc) is 2.87. The fraction of sp³-hybridized carbons (Fsp3) is 0.846. The molecule has 2 aliphatic rings. The highest BCUT2D eigenvalue weighted by atomic mass is 32.1. The molecule has 0 spiro atoms. The third kappa shape index (κ3) is 2.38. The van der Waals surface area contributed by atoms with Gasteiger partial charge in [-0.15, -0.1) is 0 Å². The molecule has 1 unspecified atom stereocenters. The number of thiocarbonyl (C=S) groups is 1. The van der Waals surface area contributed by atoms with Gasteiger partial charge in [-0.25, -0.2) is 0 Å². The topological polar surface area (TPSA) is 55.6 Å². The third-order valence-corrected chi connectivity index (χ3v) is 4.77. The lowest BCUT2D eigenvalue weighted by Crippen LogP contribution is -2.52. The molecular weight excluding hydrogens is 248 g/mol. The zero-order chi connectivity index (χ0) is 13.2. The van der Waals surface area contributed by atoms with E-state index in [-0.39, 0.29) is 5.91 Å². The number of carbonyl (C=O) groups is 1. The second-order valence-corrected chi connectivity index (χ2v) is 5.81. The molecule has 102 valence electrons. The number of hydrogen-bond acceptors (Lipinski definition) is 3. The number of nitrogens with zero attached hydrogens (tertiary/aromatic N) is 1. The highest BCUT2D eigenvalue weighted by Gasteiger charge is 2.46. The van der Waals surface area contributed by atoms with Crippen molar-refractivity contribution in [2.75, 3.05) is 26.3 Å². The van der Waals surface area contributed by atoms with Crippen LogP contribution >= 0.6 is 12.2 Å². The van der Waals surface area contributed by atoms with Gasteiger partial charge in [0, 0.05) is 26.3 Å². The van der Waals surface area contributed by atoms with Gasteiger partial charge in [0.15, 0.2) is 0 Å². The lowest BCUT2D eigenvalue weighted by Gasteiger charge is -2.37. The number of ether oxygens (including phenoxy) is 1. The molecule has 2 fully saturated rings. The Labute approximate surface area is 114 Å². The minimum Gasteiger partial charge on any atom is -0.392 e. The fourth-order valence-corrected chi connectivity index (χ4v) is 3.23. The summed E-state index contributed by atoms with van der Waals surface area (Å²) in [7, 11) is 0. The second-order valence-electron chi connectivity index (χ2n) is 5.37.